The molecule has 3 aromatic rings. The summed E-state index contributed by atoms with van der Waals surface area (Å²) in [6.45, 7) is 0.610. The van der Waals surface area contributed by atoms with E-state index in [2.05, 4.69) is 5.32 Å². The lowest BCUT2D eigenvalue weighted by molar-refractivity contribution is 0.0989. The van der Waals surface area contributed by atoms with E-state index in [4.69, 9.17) is 4.18 Å². The first-order valence-corrected chi connectivity index (χ1v) is 9.83. The number of hydrogen-bond acceptors (Lipinski definition) is 5. The molecule has 0 saturated carbocycles. The minimum Gasteiger partial charge on any atom is -0.378 e. The molecule has 3 rings (SSSR count). The van der Waals surface area contributed by atoms with Gasteiger partial charge in [-0.2, -0.15) is 8.42 Å². The molecule has 0 aromatic heterocycles. The molecule has 0 fully saturated rings. The Morgan fingerprint density at radius 3 is 2.11 bits per heavy atom. The number of hydrogen-bond donors (Lipinski definition) is 1. The Bertz CT molecular complexity index is 1000. The zero-order chi connectivity index (χ0) is 19.1. The lowest BCUT2D eigenvalue weighted by atomic mass is 10.1. The highest BCUT2D eigenvalue weighted by Crippen LogP contribution is 2.23. The summed E-state index contributed by atoms with van der Waals surface area (Å²) in [4.78, 5) is 12.6. The van der Waals surface area contributed by atoms with Crippen LogP contribution in [-0.4, -0.2) is 20.7 Å². The summed E-state index contributed by atoms with van der Waals surface area (Å²) in [6.07, 6.45) is 0. The molecule has 0 amide bonds. The van der Waals surface area contributed by atoms with Gasteiger partial charge in [0.2, 0.25) is 0 Å². The van der Waals surface area contributed by atoms with Crippen LogP contribution in [0.4, 0.5) is 0 Å². The second kappa shape index (κ2) is 8.62. The van der Waals surface area contributed by atoms with Crippen LogP contribution in [0.5, 0.6) is 5.75 Å². The largest absolute Gasteiger partial charge is 0.378 e. The van der Waals surface area contributed by atoms with Gasteiger partial charge in [0, 0.05) is 6.54 Å². The van der Waals surface area contributed by atoms with Crippen molar-refractivity contribution in [2.45, 2.75) is 11.4 Å². The summed E-state index contributed by atoms with van der Waals surface area (Å²) in [6, 6.07) is 23.9. The van der Waals surface area contributed by atoms with Crippen LogP contribution in [0.1, 0.15) is 15.9 Å². The Hall–Kier alpha value is -2.96. The maximum absolute atomic E-state index is 12.5. The lowest BCUT2D eigenvalue weighted by Crippen LogP contribution is -2.23. The van der Waals surface area contributed by atoms with Crippen LogP contribution < -0.4 is 9.50 Å². The van der Waals surface area contributed by atoms with E-state index >= 15 is 0 Å². The number of carbonyl (C=O) groups is 1. The number of nitrogens with one attached hydrogen (secondary N) is 1. The van der Waals surface area contributed by atoms with E-state index in [0.29, 0.717) is 6.54 Å². The quantitative estimate of drug-likeness (QED) is 0.478. The number of para-hydroxylation sites is 1. The highest BCUT2D eigenvalue weighted by molar-refractivity contribution is 7.87. The first-order chi connectivity index (χ1) is 13.1. The summed E-state index contributed by atoms with van der Waals surface area (Å²) in [5, 5.41) is 3.07. The third kappa shape index (κ3) is 5.03. The monoisotopic (exact) mass is 381 g/mol. The van der Waals surface area contributed by atoms with Crippen molar-refractivity contribution >= 4 is 15.9 Å². The zero-order valence-electron chi connectivity index (χ0n) is 14.5. The van der Waals surface area contributed by atoms with Crippen molar-refractivity contribution < 1.29 is 17.4 Å². The molecule has 6 heteroatoms. The molecule has 0 aliphatic rings. The van der Waals surface area contributed by atoms with E-state index < -0.39 is 10.1 Å². The molecule has 27 heavy (non-hydrogen) atoms. The minimum absolute atomic E-state index is 0.0212. The fourth-order valence-electron chi connectivity index (χ4n) is 2.53. The second-order valence-corrected chi connectivity index (χ2v) is 7.41. The van der Waals surface area contributed by atoms with Gasteiger partial charge in [-0.1, -0.05) is 60.7 Å². The van der Waals surface area contributed by atoms with Gasteiger partial charge in [0.1, 0.15) is 4.90 Å². The maximum atomic E-state index is 12.5. The van der Waals surface area contributed by atoms with Crippen molar-refractivity contribution in [2.75, 3.05) is 6.54 Å². The van der Waals surface area contributed by atoms with E-state index in [-0.39, 0.29) is 28.5 Å². The number of rotatable bonds is 8. The highest BCUT2D eigenvalue weighted by atomic mass is 32.2. The SMILES string of the molecule is O=C(CNCc1ccccc1)c1ccccc1OS(=O)(=O)c1ccccc1. The van der Waals surface area contributed by atoms with Gasteiger partial charge in [0.15, 0.2) is 11.5 Å². The number of Topliss-reactive ketones (excluding diaryl/α,β-unsaturated/α-hetero) is 1. The molecule has 0 atom stereocenters. The Morgan fingerprint density at radius 1 is 0.815 bits per heavy atom. The van der Waals surface area contributed by atoms with Crippen LogP contribution in [0, 0.1) is 0 Å². The van der Waals surface area contributed by atoms with Crippen molar-refractivity contribution in [3.05, 3.63) is 96.1 Å². The van der Waals surface area contributed by atoms with Crippen molar-refractivity contribution in [3.8, 4) is 5.75 Å². The fourth-order valence-corrected chi connectivity index (χ4v) is 3.50. The Kier molecular flexibility index (Phi) is 6.01. The molecule has 0 radical (unpaired) electrons. The second-order valence-electron chi connectivity index (χ2n) is 5.86. The molecular weight excluding hydrogens is 362 g/mol. The van der Waals surface area contributed by atoms with Gasteiger partial charge in [-0.15, -0.1) is 0 Å². The molecule has 0 aliphatic heterocycles. The summed E-state index contributed by atoms with van der Waals surface area (Å²) in [7, 11) is -4.01. The van der Waals surface area contributed by atoms with Crippen LogP contribution in [0.25, 0.3) is 0 Å². The highest BCUT2D eigenvalue weighted by Gasteiger charge is 2.20. The van der Waals surface area contributed by atoms with Gasteiger partial charge >= 0.3 is 10.1 Å². The predicted molar refractivity (Wildman–Crippen MR) is 103 cm³/mol. The Morgan fingerprint density at radius 2 is 1.41 bits per heavy atom. The molecule has 0 bridgehead atoms. The Labute approximate surface area is 158 Å². The third-order valence-electron chi connectivity index (χ3n) is 3.88. The first kappa shape index (κ1) is 18.8. The van der Waals surface area contributed by atoms with Crippen LogP contribution in [0.15, 0.2) is 89.8 Å². The molecule has 138 valence electrons. The minimum atomic E-state index is -4.01. The summed E-state index contributed by atoms with van der Waals surface area (Å²) < 4.78 is 30.1. The lowest BCUT2D eigenvalue weighted by Gasteiger charge is -2.11. The van der Waals surface area contributed by atoms with Gasteiger partial charge in [0.05, 0.1) is 12.1 Å². The van der Waals surface area contributed by atoms with E-state index in [9.17, 15) is 13.2 Å². The van der Waals surface area contributed by atoms with Gasteiger partial charge in [-0.25, -0.2) is 0 Å². The van der Waals surface area contributed by atoms with Crippen LogP contribution in [-0.2, 0) is 16.7 Å². The smallest absolute Gasteiger partial charge is 0.339 e. The van der Waals surface area contributed by atoms with Gasteiger partial charge in [-0.05, 0) is 29.8 Å². The molecule has 0 saturated heterocycles. The molecule has 1 N–H and O–H groups in total. The van der Waals surface area contributed by atoms with Gasteiger partial charge in [-0.3, -0.25) is 4.79 Å². The molecular formula is C21H19NO4S. The van der Waals surface area contributed by atoms with Crippen LogP contribution >= 0.6 is 0 Å². The number of ketones is 1. The zero-order valence-corrected chi connectivity index (χ0v) is 15.4. The summed E-state index contributed by atoms with van der Waals surface area (Å²) in [5.41, 5.74) is 1.28. The van der Waals surface area contributed by atoms with E-state index in [1.54, 1.807) is 36.4 Å². The van der Waals surface area contributed by atoms with Gasteiger partial charge < -0.3 is 9.50 Å². The predicted octanol–water partition coefficient (Wildman–Crippen LogP) is 3.43. The maximum Gasteiger partial charge on any atom is 0.339 e. The average molecular weight is 381 g/mol. The van der Waals surface area contributed by atoms with Crippen LogP contribution in [0.2, 0.25) is 0 Å². The molecule has 0 heterocycles. The topological polar surface area (TPSA) is 72.5 Å². The van der Waals surface area contributed by atoms with Crippen LogP contribution in [0.3, 0.4) is 0 Å². The van der Waals surface area contributed by atoms with E-state index in [0.717, 1.165) is 5.56 Å². The summed E-state index contributed by atoms with van der Waals surface area (Å²) in [5.74, 6) is -0.224. The fraction of sp³-hybridized carbons (Fsp3) is 0.0952. The molecule has 0 unspecified atom stereocenters. The first-order valence-electron chi connectivity index (χ1n) is 8.43. The molecule has 3 aromatic carbocycles. The molecule has 5 nitrogen and oxygen atoms in total. The normalized spacial score (nSPS) is 11.1. The van der Waals surface area contributed by atoms with Gasteiger partial charge in [0.25, 0.3) is 0 Å². The van der Waals surface area contributed by atoms with Crippen molar-refractivity contribution in [3.63, 3.8) is 0 Å². The number of carbonyl (C=O) groups excluding carboxylic acids is 1. The van der Waals surface area contributed by atoms with Crippen molar-refractivity contribution in [1.82, 2.24) is 5.32 Å². The molecule has 0 aliphatic carbocycles. The number of benzene rings is 3. The van der Waals surface area contributed by atoms with E-state index in [1.165, 1.54) is 18.2 Å². The third-order valence-corrected chi connectivity index (χ3v) is 5.12. The molecule has 0 spiro atoms. The van der Waals surface area contributed by atoms with Crippen molar-refractivity contribution in [1.29, 1.82) is 0 Å². The van der Waals surface area contributed by atoms with Crippen molar-refractivity contribution in [2.24, 2.45) is 0 Å². The average Bonchev–Trinajstić information content (AvgIpc) is 2.69. The Balaban J connectivity index is 1.71. The standard InChI is InChI=1S/C21H19NO4S/c23-20(16-22-15-17-9-3-1-4-10-17)19-13-7-8-14-21(19)26-27(24,25)18-11-5-2-6-12-18/h1-14,22H,15-16H2. The van der Waals surface area contributed by atoms with E-state index in [1.807, 2.05) is 30.3 Å². The summed E-state index contributed by atoms with van der Waals surface area (Å²) >= 11 is 0.